The summed E-state index contributed by atoms with van der Waals surface area (Å²) in [7, 11) is 0. The average Bonchev–Trinajstić information content (AvgIpc) is 2.16. The van der Waals surface area contributed by atoms with Gasteiger partial charge in [-0.2, -0.15) is 0 Å². The van der Waals surface area contributed by atoms with E-state index in [0.717, 1.165) is 0 Å². The van der Waals surface area contributed by atoms with Gasteiger partial charge in [0.2, 0.25) is 11.8 Å². The van der Waals surface area contributed by atoms with Crippen molar-refractivity contribution in [1.82, 2.24) is 10.6 Å². The van der Waals surface area contributed by atoms with Crippen LogP contribution in [0.5, 0.6) is 0 Å². The maximum absolute atomic E-state index is 11.5. The SMILES string of the molecule is CCCC(C)(NC(=O)CCNC(C)=O)C(=O)O. The van der Waals surface area contributed by atoms with E-state index < -0.39 is 11.5 Å². The Balaban J connectivity index is 4.22. The highest BCUT2D eigenvalue weighted by Crippen LogP contribution is 2.12. The number of carbonyl (C=O) groups excluding carboxylic acids is 2. The van der Waals surface area contributed by atoms with Gasteiger partial charge < -0.3 is 15.7 Å². The predicted molar refractivity (Wildman–Crippen MR) is 62.4 cm³/mol. The van der Waals surface area contributed by atoms with Crippen molar-refractivity contribution >= 4 is 17.8 Å². The Morgan fingerprint density at radius 1 is 1.29 bits per heavy atom. The van der Waals surface area contributed by atoms with Crippen LogP contribution >= 0.6 is 0 Å². The fourth-order valence-electron chi connectivity index (χ4n) is 1.45. The topological polar surface area (TPSA) is 95.5 Å². The number of aliphatic carboxylic acids is 1. The molecule has 0 aromatic heterocycles. The van der Waals surface area contributed by atoms with E-state index in [9.17, 15) is 14.4 Å². The molecule has 0 aromatic carbocycles. The molecule has 0 aliphatic rings. The number of rotatable bonds is 7. The second-order valence-electron chi connectivity index (χ2n) is 4.17. The minimum absolute atomic E-state index is 0.0756. The maximum atomic E-state index is 11.5. The molecule has 1 unspecified atom stereocenters. The summed E-state index contributed by atoms with van der Waals surface area (Å²) in [6.07, 6.45) is 1.11. The molecule has 17 heavy (non-hydrogen) atoms. The molecule has 0 fully saturated rings. The second kappa shape index (κ2) is 6.88. The van der Waals surface area contributed by atoms with Gasteiger partial charge in [-0.25, -0.2) is 4.79 Å². The van der Waals surface area contributed by atoms with Crippen molar-refractivity contribution in [3.05, 3.63) is 0 Å². The molecule has 6 heteroatoms. The van der Waals surface area contributed by atoms with E-state index in [0.29, 0.717) is 12.8 Å². The van der Waals surface area contributed by atoms with Crippen molar-refractivity contribution in [2.24, 2.45) is 0 Å². The zero-order valence-corrected chi connectivity index (χ0v) is 10.5. The van der Waals surface area contributed by atoms with Crippen LogP contribution in [-0.4, -0.2) is 35.0 Å². The quantitative estimate of drug-likeness (QED) is 0.599. The maximum Gasteiger partial charge on any atom is 0.329 e. The molecule has 98 valence electrons. The van der Waals surface area contributed by atoms with E-state index in [1.807, 2.05) is 6.92 Å². The number of hydrogen-bond acceptors (Lipinski definition) is 3. The van der Waals surface area contributed by atoms with Crippen LogP contribution in [0.2, 0.25) is 0 Å². The first-order valence-corrected chi connectivity index (χ1v) is 5.60. The average molecular weight is 244 g/mol. The molecule has 0 radical (unpaired) electrons. The summed E-state index contributed by atoms with van der Waals surface area (Å²) in [5, 5.41) is 14.0. The first-order chi connectivity index (χ1) is 7.81. The van der Waals surface area contributed by atoms with Crippen LogP contribution in [0.4, 0.5) is 0 Å². The van der Waals surface area contributed by atoms with Crippen molar-refractivity contribution < 1.29 is 19.5 Å². The van der Waals surface area contributed by atoms with Gasteiger partial charge >= 0.3 is 5.97 Å². The van der Waals surface area contributed by atoms with Crippen LogP contribution in [0.15, 0.2) is 0 Å². The van der Waals surface area contributed by atoms with Gasteiger partial charge in [-0.05, 0) is 13.3 Å². The van der Waals surface area contributed by atoms with E-state index in [-0.39, 0.29) is 24.8 Å². The molecular formula is C11H20N2O4. The highest BCUT2D eigenvalue weighted by Gasteiger charge is 2.33. The lowest BCUT2D eigenvalue weighted by Crippen LogP contribution is -2.52. The van der Waals surface area contributed by atoms with E-state index >= 15 is 0 Å². The Kier molecular flexibility index (Phi) is 6.23. The molecular weight excluding hydrogens is 224 g/mol. The molecule has 0 bridgehead atoms. The zero-order chi connectivity index (χ0) is 13.5. The summed E-state index contributed by atoms with van der Waals surface area (Å²) in [4.78, 5) is 33.1. The lowest BCUT2D eigenvalue weighted by molar-refractivity contribution is -0.147. The van der Waals surface area contributed by atoms with Crippen molar-refractivity contribution in [3.8, 4) is 0 Å². The van der Waals surface area contributed by atoms with Gasteiger partial charge in [0, 0.05) is 19.9 Å². The third-order valence-corrected chi connectivity index (χ3v) is 2.36. The summed E-state index contributed by atoms with van der Waals surface area (Å²) in [5.41, 5.74) is -1.23. The molecule has 1 atom stereocenters. The van der Waals surface area contributed by atoms with Gasteiger partial charge in [-0.3, -0.25) is 9.59 Å². The van der Waals surface area contributed by atoms with Gasteiger partial charge in [-0.15, -0.1) is 0 Å². The van der Waals surface area contributed by atoms with Crippen molar-refractivity contribution in [2.45, 2.75) is 45.6 Å². The normalized spacial score (nSPS) is 13.6. The van der Waals surface area contributed by atoms with Crippen LogP contribution in [0.25, 0.3) is 0 Å². The van der Waals surface area contributed by atoms with Crippen LogP contribution in [0.3, 0.4) is 0 Å². The largest absolute Gasteiger partial charge is 0.480 e. The zero-order valence-electron chi connectivity index (χ0n) is 10.5. The molecule has 0 heterocycles. The molecule has 0 rings (SSSR count). The first-order valence-electron chi connectivity index (χ1n) is 5.60. The summed E-state index contributed by atoms with van der Waals surface area (Å²) in [6, 6.07) is 0. The fourth-order valence-corrected chi connectivity index (χ4v) is 1.45. The Labute approximate surface area is 101 Å². The molecule has 3 N–H and O–H groups in total. The van der Waals surface area contributed by atoms with Crippen LogP contribution in [0.1, 0.15) is 40.0 Å². The number of carboxylic acid groups (broad SMARTS) is 1. The molecule has 0 saturated heterocycles. The van der Waals surface area contributed by atoms with E-state index in [2.05, 4.69) is 10.6 Å². The van der Waals surface area contributed by atoms with Crippen molar-refractivity contribution in [1.29, 1.82) is 0 Å². The highest BCUT2D eigenvalue weighted by atomic mass is 16.4. The lowest BCUT2D eigenvalue weighted by Gasteiger charge is -2.25. The fraction of sp³-hybridized carbons (Fsp3) is 0.727. The van der Waals surface area contributed by atoms with Crippen molar-refractivity contribution in [3.63, 3.8) is 0 Å². The molecule has 0 saturated carbocycles. The minimum atomic E-state index is -1.23. The third kappa shape index (κ3) is 5.89. The number of carbonyl (C=O) groups is 3. The molecule has 6 nitrogen and oxygen atoms in total. The van der Waals surface area contributed by atoms with Gasteiger partial charge in [0.15, 0.2) is 0 Å². The lowest BCUT2D eigenvalue weighted by atomic mass is 9.96. The third-order valence-electron chi connectivity index (χ3n) is 2.36. The number of nitrogens with one attached hydrogen (secondary N) is 2. The molecule has 0 aromatic rings. The van der Waals surface area contributed by atoms with Gasteiger partial charge in [0.25, 0.3) is 0 Å². The summed E-state index contributed by atoms with van der Waals surface area (Å²) in [5.74, 6) is -1.64. The smallest absolute Gasteiger partial charge is 0.329 e. The first kappa shape index (κ1) is 15.4. The van der Waals surface area contributed by atoms with E-state index in [1.165, 1.54) is 13.8 Å². The van der Waals surface area contributed by atoms with Crippen LogP contribution in [0, 0.1) is 0 Å². The summed E-state index contributed by atoms with van der Waals surface area (Å²) < 4.78 is 0. The van der Waals surface area contributed by atoms with Crippen LogP contribution < -0.4 is 10.6 Å². The summed E-state index contributed by atoms with van der Waals surface area (Å²) >= 11 is 0. The Bertz CT molecular complexity index is 304. The molecule has 0 aliphatic carbocycles. The molecule has 0 spiro atoms. The van der Waals surface area contributed by atoms with E-state index in [1.54, 1.807) is 0 Å². The molecule has 2 amide bonds. The predicted octanol–water partition coefficient (Wildman–Crippen LogP) is 0.272. The molecule has 0 aliphatic heterocycles. The monoisotopic (exact) mass is 244 g/mol. The standard InChI is InChI=1S/C11H20N2O4/c1-4-6-11(3,10(16)17)13-9(15)5-7-12-8(2)14/h4-7H2,1-3H3,(H,12,14)(H,13,15)(H,16,17). The van der Waals surface area contributed by atoms with Crippen LogP contribution in [-0.2, 0) is 14.4 Å². The minimum Gasteiger partial charge on any atom is -0.480 e. The van der Waals surface area contributed by atoms with Crippen molar-refractivity contribution in [2.75, 3.05) is 6.54 Å². The Morgan fingerprint density at radius 2 is 1.88 bits per heavy atom. The van der Waals surface area contributed by atoms with Gasteiger partial charge in [0.05, 0.1) is 0 Å². The Morgan fingerprint density at radius 3 is 2.29 bits per heavy atom. The Hall–Kier alpha value is -1.59. The highest BCUT2D eigenvalue weighted by molar-refractivity contribution is 5.86. The van der Waals surface area contributed by atoms with Gasteiger partial charge in [0.1, 0.15) is 5.54 Å². The van der Waals surface area contributed by atoms with Gasteiger partial charge in [-0.1, -0.05) is 13.3 Å². The number of hydrogen-bond donors (Lipinski definition) is 3. The summed E-state index contributed by atoms with van der Waals surface area (Å²) in [6.45, 7) is 4.90. The number of amides is 2. The second-order valence-corrected chi connectivity index (χ2v) is 4.17. The number of carboxylic acids is 1. The van der Waals surface area contributed by atoms with E-state index in [4.69, 9.17) is 5.11 Å².